The third-order valence-corrected chi connectivity index (χ3v) is 4.86. The van der Waals surface area contributed by atoms with E-state index in [4.69, 9.17) is 9.47 Å². The Morgan fingerprint density at radius 1 is 1.23 bits per heavy atom. The Balaban J connectivity index is 1.50. The van der Waals surface area contributed by atoms with Crippen molar-refractivity contribution in [3.63, 3.8) is 0 Å². The SMILES string of the molecule is COC(=O)Cn1cc(CNC2COc3ccccc3C2)c2ccccc21. The molecule has 0 aliphatic carbocycles. The number of benzene rings is 2. The normalized spacial score (nSPS) is 16.1. The summed E-state index contributed by atoms with van der Waals surface area (Å²) in [5.41, 5.74) is 3.45. The van der Waals surface area contributed by atoms with Crippen LogP contribution in [0.15, 0.2) is 54.7 Å². The standard InChI is InChI=1S/C21H22N2O3/c1-25-21(24)13-23-12-16(18-7-3-4-8-19(18)23)11-22-17-10-15-6-2-5-9-20(15)26-14-17/h2-9,12,17,22H,10-11,13-14H2,1H3. The zero-order valence-electron chi connectivity index (χ0n) is 14.8. The topological polar surface area (TPSA) is 52.5 Å². The zero-order chi connectivity index (χ0) is 17.9. The molecule has 1 aliphatic rings. The van der Waals surface area contributed by atoms with Gasteiger partial charge in [0.25, 0.3) is 0 Å². The van der Waals surface area contributed by atoms with Crippen molar-refractivity contribution in [1.82, 2.24) is 9.88 Å². The Hall–Kier alpha value is -2.79. The maximum Gasteiger partial charge on any atom is 0.325 e. The number of carbonyl (C=O) groups is 1. The van der Waals surface area contributed by atoms with Crippen LogP contribution >= 0.6 is 0 Å². The van der Waals surface area contributed by atoms with Crippen molar-refractivity contribution in [2.24, 2.45) is 0 Å². The Morgan fingerprint density at radius 2 is 2.04 bits per heavy atom. The van der Waals surface area contributed by atoms with Crippen molar-refractivity contribution >= 4 is 16.9 Å². The second kappa shape index (κ2) is 7.22. The number of hydrogen-bond donors (Lipinski definition) is 1. The first-order chi connectivity index (χ1) is 12.7. The quantitative estimate of drug-likeness (QED) is 0.719. The number of hydrogen-bond acceptors (Lipinski definition) is 4. The van der Waals surface area contributed by atoms with Gasteiger partial charge in [-0.1, -0.05) is 36.4 Å². The predicted octanol–water partition coefficient (Wildman–Crippen LogP) is 2.91. The van der Waals surface area contributed by atoms with E-state index in [1.165, 1.54) is 18.2 Å². The van der Waals surface area contributed by atoms with Gasteiger partial charge in [0.2, 0.25) is 0 Å². The molecule has 1 unspecified atom stereocenters. The molecule has 5 nitrogen and oxygen atoms in total. The average Bonchev–Trinajstić information content (AvgIpc) is 3.04. The van der Waals surface area contributed by atoms with Crippen molar-refractivity contribution in [3.8, 4) is 5.75 Å². The van der Waals surface area contributed by atoms with E-state index in [1.807, 2.05) is 47.2 Å². The number of aromatic nitrogens is 1. The number of methoxy groups -OCH3 is 1. The van der Waals surface area contributed by atoms with Crippen molar-refractivity contribution < 1.29 is 14.3 Å². The molecule has 0 fully saturated rings. The van der Waals surface area contributed by atoms with Crippen LogP contribution in [0.3, 0.4) is 0 Å². The minimum Gasteiger partial charge on any atom is -0.492 e. The van der Waals surface area contributed by atoms with Crippen LogP contribution < -0.4 is 10.1 Å². The molecule has 3 aromatic rings. The number of nitrogens with zero attached hydrogens (tertiary/aromatic N) is 1. The molecular weight excluding hydrogens is 328 g/mol. The second-order valence-corrected chi connectivity index (χ2v) is 6.58. The first-order valence-corrected chi connectivity index (χ1v) is 8.82. The molecule has 2 aromatic carbocycles. The fourth-order valence-electron chi connectivity index (χ4n) is 3.51. The molecule has 2 heterocycles. The van der Waals surface area contributed by atoms with Gasteiger partial charge in [0.15, 0.2) is 0 Å². The van der Waals surface area contributed by atoms with E-state index >= 15 is 0 Å². The summed E-state index contributed by atoms with van der Waals surface area (Å²) < 4.78 is 12.6. The van der Waals surface area contributed by atoms with E-state index in [0.29, 0.717) is 6.61 Å². The molecule has 1 atom stereocenters. The van der Waals surface area contributed by atoms with E-state index in [2.05, 4.69) is 17.4 Å². The van der Waals surface area contributed by atoms with Crippen LogP contribution in [0.2, 0.25) is 0 Å². The van der Waals surface area contributed by atoms with Crippen LogP contribution in [0.25, 0.3) is 10.9 Å². The lowest BCUT2D eigenvalue weighted by Crippen LogP contribution is -2.38. The monoisotopic (exact) mass is 350 g/mol. The maximum atomic E-state index is 11.7. The minimum absolute atomic E-state index is 0.219. The Morgan fingerprint density at radius 3 is 2.92 bits per heavy atom. The average molecular weight is 350 g/mol. The minimum atomic E-state index is -0.248. The molecule has 0 spiro atoms. The smallest absolute Gasteiger partial charge is 0.325 e. The fraction of sp³-hybridized carbons (Fsp3) is 0.286. The highest BCUT2D eigenvalue weighted by atomic mass is 16.5. The third-order valence-electron chi connectivity index (χ3n) is 4.86. The highest BCUT2D eigenvalue weighted by molar-refractivity contribution is 5.85. The summed E-state index contributed by atoms with van der Waals surface area (Å²) in [5, 5.41) is 4.75. The van der Waals surface area contributed by atoms with Crippen molar-refractivity contribution in [3.05, 3.63) is 65.9 Å². The van der Waals surface area contributed by atoms with Gasteiger partial charge in [-0.05, 0) is 29.7 Å². The first-order valence-electron chi connectivity index (χ1n) is 8.82. The number of nitrogens with one attached hydrogen (secondary N) is 1. The zero-order valence-corrected chi connectivity index (χ0v) is 14.8. The lowest BCUT2D eigenvalue weighted by molar-refractivity contribution is -0.141. The summed E-state index contributed by atoms with van der Waals surface area (Å²) in [6, 6.07) is 16.6. The summed E-state index contributed by atoms with van der Waals surface area (Å²) >= 11 is 0. The van der Waals surface area contributed by atoms with Gasteiger partial charge in [0.1, 0.15) is 18.9 Å². The van der Waals surface area contributed by atoms with E-state index in [9.17, 15) is 4.79 Å². The number of rotatable bonds is 5. The van der Waals surface area contributed by atoms with Crippen molar-refractivity contribution in [2.45, 2.75) is 25.6 Å². The number of carbonyl (C=O) groups excluding carboxylic acids is 1. The summed E-state index contributed by atoms with van der Waals surface area (Å²) in [7, 11) is 1.41. The summed E-state index contributed by atoms with van der Waals surface area (Å²) in [4.78, 5) is 11.7. The van der Waals surface area contributed by atoms with Gasteiger partial charge < -0.3 is 19.4 Å². The molecule has 26 heavy (non-hydrogen) atoms. The van der Waals surface area contributed by atoms with Crippen LogP contribution in [0.4, 0.5) is 0 Å². The Kier molecular flexibility index (Phi) is 4.63. The lowest BCUT2D eigenvalue weighted by atomic mass is 10.0. The fourth-order valence-corrected chi connectivity index (χ4v) is 3.51. The Labute approximate surface area is 152 Å². The molecule has 0 saturated heterocycles. The number of para-hydroxylation sites is 2. The number of esters is 1. The lowest BCUT2D eigenvalue weighted by Gasteiger charge is -2.26. The molecule has 5 heteroatoms. The summed E-state index contributed by atoms with van der Waals surface area (Å²) in [5.74, 6) is 0.739. The molecule has 1 aliphatic heterocycles. The largest absolute Gasteiger partial charge is 0.492 e. The molecule has 0 bridgehead atoms. The first kappa shape index (κ1) is 16.7. The van der Waals surface area contributed by atoms with E-state index < -0.39 is 0 Å². The van der Waals surface area contributed by atoms with Crippen molar-refractivity contribution in [2.75, 3.05) is 13.7 Å². The van der Waals surface area contributed by atoms with Crippen LogP contribution in [-0.2, 0) is 29.0 Å². The van der Waals surface area contributed by atoms with Crippen LogP contribution in [0.1, 0.15) is 11.1 Å². The molecule has 1 aromatic heterocycles. The molecule has 0 radical (unpaired) electrons. The number of fused-ring (bicyclic) bond motifs is 2. The van der Waals surface area contributed by atoms with Gasteiger partial charge in [-0.25, -0.2) is 0 Å². The molecule has 1 N–H and O–H groups in total. The van der Waals surface area contributed by atoms with E-state index in [0.717, 1.165) is 29.6 Å². The molecule has 134 valence electrons. The maximum absolute atomic E-state index is 11.7. The Bertz CT molecular complexity index is 932. The molecular formula is C21H22N2O3. The summed E-state index contributed by atoms with van der Waals surface area (Å²) in [6.45, 7) is 1.61. The van der Waals surface area contributed by atoms with E-state index in [1.54, 1.807) is 0 Å². The second-order valence-electron chi connectivity index (χ2n) is 6.58. The molecule has 0 saturated carbocycles. The van der Waals surface area contributed by atoms with Crippen molar-refractivity contribution in [1.29, 1.82) is 0 Å². The summed E-state index contributed by atoms with van der Waals surface area (Å²) in [6.07, 6.45) is 2.99. The van der Waals surface area contributed by atoms with Gasteiger partial charge >= 0.3 is 5.97 Å². The van der Waals surface area contributed by atoms with E-state index in [-0.39, 0.29) is 18.6 Å². The third kappa shape index (κ3) is 3.30. The van der Waals surface area contributed by atoms with Gasteiger partial charge in [0.05, 0.1) is 7.11 Å². The van der Waals surface area contributed by atoms with Gasteiger partial charge in [-0.15, -0.1) is 0 Å². The van der Waals surface area contributed by atoms with Crippen LogP contribution in [0, 0.1) is 0 Å². The van der Waals surface area contributed by atoms with Crippen LogP contribution in [0.5, 0.6) is 5.75 Å². The molecule has 0 amide bonds. The predicted molar refractivity (Wildman–Crippen MR) is 100 cm³/mol. The van der Waals surface area contributed by atoms with Gasteiger partial charge in [0, 0.05) is 29.7 Å². The highest BCUT2D eigenvalue weighted by Crippen LogP contribution is 2.25. The number of ether oxygens (including phenoxy) is 2. The molecule has 4 rings (SSSR count). The highest BCUT2D eigenvalue weighted by Gasteiger charge is 2.19. The van der Waals surface area contributed by atoms with Crippen LogP contribution in [-0.4, -0.2) is 30.3 Å². The van der Waals surface area contributed by atoms with Gasteiger partial charge in [-0.2, -0.15) is 0 Å². The van der Waals surface area contributed by atoms with Gasteiger partial charge in [-0.3, -0.25) is 4.79 Å².